The molecule has 61 valence electrons. The largest absolute Gasteiger partial charge is 0.103 e. The van der Waals surface area contributed by atoms with E-state index in [0.717, 1.165) is 19.3 Å². The highest BCUT2D eigenvalue weighted by atomic mass is 13.9. The maximum atomic E-state index is 3.73. The van der Waals surface area contributed by atoms with Crippen molar-refractivity contribution < 1.29 is 0 Å². The van der Waals surface area contributed by atoms with Crippen LogP contribution in [0, 0.1) is 18.8 Å². The summed E-state index contributed by atoms with van der Waals surface area (Å²) in [7, 11) is 0. The summed E-state index contributed by atoms with van der Waals surface area (Å²) >= 11 is 0. The van der Waals surface area contributed by atoms with E-state index in [9.17, 15) is 0 Å². The predicted molar refractivity (Wildman–Crippen MR) is 52.5 cm³/mol. The molecule has 0 heteroatoms. The lowest BCUT2D eigenvalue weighted by molar-refractivity contribution is 1.08. The number of hydrogen-bond donors (Lipinski definition) is 0. The highest BCUT2D eigenvalue weighted by Gasteiger charge is 1.83. The molecule has 0 heterocycles. The molecule has 0 amide bonds. The molecule has 0 aliphatic rings. The van der Waals surface area contributed by atoms with Gasteiger partial charge in [0.1, 0.15) is 0 Å². The standard InChI is InChI=1S/C12H13/c1-2-3-4-6-9-12-10-7-5-8-11-12/h5,7-8,10-11H,1-3,9H2. The van der Waals surface area contributed by atoms with E-state index in [1.807, 2.05) is 18.2 Å². The number of rotatable bonds is 2. The SMILES string of the molecule is [CH2]CCC#CCc1ccccc1. The first-order valence-electron chi connectivity index (χ1n) is 4.22. The Balaban J connectivity index is 2.40. The summed E-state index contributed by atoms with van der Waals surface area (Å²) in [6, 6.07) is 10.3. The monoisotopic (exact) mass is 157 g/mol. The summed E-state index contributed by atoms with van der Waals surface area (Å²) in [4.78, 5) is 0. The van der Waals surface area contributed by atoms with Crippen LogP contribution in [-0.4, -0.2) is 0 Å². The van der Waals surface area contributed by atoms with Gasteiger partial charge in [0.25, 0.3) is 0 Å². The van der Waals surface area contributed by atoms with E-state index >= 15 is 0 Å². The van der Waals surface area contributed by atoms with E-state index in [1.54, 1.807) is 0 Å². The van der Waals surface area contributed by atoms with Crippen LogP contribution in [0.15, 0.2) is 30.3 Å². The minimum atomic E-state index is 0.862. The molecule has 0 bridgehead atoms. The van der Waals surface area contributed by atoms with E-state index < -0.39 is 0 Å². The molecule has 0 aliphatic heterocycles. The predicted octanol–water partition coefficient (Wildman–Crippen LogP) is 2.85. The minimum Gasteiger partial charge on any atom is -0.103 e. The van der Waals surface area contributed by atoms with Crippen LogP contribution in [0.1, 0.15) is 18.4 Å². The Morgan fingerprint density at radius 3 is 2.50 bits per heavy atom. The molecule has 0 nitrogen and oxygen atoms in total. The van der Waals surface area contributed by atoms with Gasteiger partial charge in [0.05, 0.1) is 0 Å². The first kappa shape index (κ1) is 8.87. The van der Waals surface area contributed by atoms with E-state index in [1.165, 1.54) is 5.56 Å². The lowest BCUT2D eigenvalue weighted by Crippen LogP contribution is -1.78. The Morgan fingerprint density at radius 1 is 1.08 bits per heavy atom. The van der Waals surface area contributed by atoms with E-state index in [0.29, 0.717) is 0 Å². The fraction of sp³-hybridized carbons (Fsp3) is 0.250. The zero-order chi connectivity index (χ0) is 8.65. The molecule has 0 aliphatic carbocycles. The van der Waals surface area contributed by atoms with Crippen molar-refractivity contribution in [2.45, 2.75) is 19.3 Å². The summed E-state index contributed by atoms with van der Waals surface area (Å²) in [5, 5.41) is 0. The highest BCUT2D eigenvalue weighted by Crippen LogP contribution is 1.97. The molecular formula is C12H13. The lowest BCUT2D eigenvalue weighted by atomic mass is 10.1. The first-order valence-corrected chi connectivity index (χ1v) is 4.22. The van der Waals surface area contributed by atoms with Gasteiger partial charge in [-0.05, 0) is 12.0 Å². The number of hydrogen-bond acceptors (Lipinski definition) is 0. The summed E-state index contributed by atoms with van der Waals surface area (Å²) in [6.45, 7) is 3.73. The van der Waals surface area contributed by atoms with Crippen LogP contribution in [0.2, 0.25) is 0 Å². The fourth-order valence-corrected chi connectivity index (χ4v) is 0.937. The van der Waals surface area contributed by atoms with Crippen molar-refractivity contribution in [1.29, 1.82) is 0 Å². The fourth-order valence-electron chi connectivity index (χ4n) is 0.937. The van der Waals surface area contributed by atoms with E-state index in [4.69, 9.17) is 0 Å². The van der Waals surface area contributed by atoms with Crippen molar-refractivity contribution in [3.8, 4) is 11.8 Å². The lowest BCUT2D eigenvalue weighted by Gasteiger charge is -1.90. The maximum Gasteiger partial charge on any atom is 0.0340 e. The molecule has 0 atom stereocenters. The van der Waals surface area contributed by atoms with Gasteiger partial charge in [0, 0.05) is 12.8 Å². The number of unbranched alkanes of at least 4 members (excludes halogenated alkanes) is 1. The second kappa shape index (κ2) is 5.43. The van der Waals surface area contributed by atoms with E-state index in [-0.39, 0.29) is 0 Å². The average molecular weight is 157 g/mol. The summed E-state index contributed by atoms with van der Waals surface area (Å²) < 4.78 is 0. The van der Waals surface area contributed by atoms with Gasteiger partial charge in [0.15, 0.2) is 0 Å². The van der Waals surface area contributed by atoms with Crippen LogP contribution < -0.4 is 0 Å². The summed E-state index contributed by atoms with van der Waals surface area (Å²) in [5.74, 6) is 6.18. The van der Waals surface area contributed by atoms with Crippen LogP contribution in [0.3, 0.4) is 0 Å². The smallest absolute Gasteiger partial charge is 0.0340 e. The zero-order valence-electron chi connectivity index (χ0n) is 7.22. The normalized spacial score (nSPS) is 8.75. The molecule has 1 aromatic rings. The molecule has 0 saturated carbocycles. The molecule has 1 rings (SSSR count). The van der Waals surface area contributed by atoms with Crippen LogP contribution in [-0.2, 0) is 6.42 Å². The quantitative estimate of drug-likeness (QED) is 0.579. The van der Waals surface area contributed by atoms with Crippen LogP contribution in [0.25, 0.3) is 0 Å². The molecule has 12 heavy (non-hydrogen) atoms. The molecule has 0 N–H and O–H groups in total. The van der Waals surface area contributed by atoms with Gasteiger partial charge in [-0.2, -0.15) is 0 Å². The zero-order valence-corrected chi connectivity index (χ0v) is 7.22. The highest BCUT2D eigenvalue weighted by molar-refractivity contribution is 5.20. The van der Waals surface area contributed by atoms with Gasteiger partial charge in [-0.1, -0.05) is 43.2 Å². The van der Waals surface area contributed by atoms with Gasteiger partial charge in [0.2, 0.25) is 0 Å². The van der Waals surface area contributed by atoms with Crippen LogP contribution in [0.5, 0.6) is 0 Å². The van der Waals surface area contributed by atoms with Gasteiger partial charge in [-0.25, -0.2) is 0 Å². The van der Waals surface area contributed by atoms with Gasteiger partial charge < -0.3 is 0 Å². The van der Waals surface area contributed by atoms with Crippen LogP contribution in [0.4, 0.5) is 0 Å². The number of benzene rings is 1. The molecule has 1 radical (unpaired) electrons. The Bertz CT molecular complexity index is 261. The second-order valence-electron chi connectivity index (χ2n) is 2.62. The maximum absolute atomic E-state index is 3.73. The average Bonchev–Trinajstić information content (AvgIpc) is 2.14. The second-order valence-corrected chi connectivity index (χ2v) is 2.62. The Morgan fingerprint density at radius 2 is 1.83 bits per heavy atom. The molecule has 0 saturated heterocycles. The Labute approximate surface area is 74.6 Å². The van der Waals surface area contributed by atoms with Crippen molar-refractivity contribution in [1.82, 2.24) is 0 Å². The summed E-state index contributed by atoms with van der Waals surface area (Å²) in [6.07, 6.45) is 2.68. The third-order valence-corrected chi connectivity index (χ3v) is 1.56. The molecule has 0 aromatic heterocycles. The molecule has 0 fully saturated rings. The Kier molecular flexibility index (Phi) is 4.02. The van der Waals surface area contributed by atoms with Crippen molar-refractivity contribution >= 4 is 0 Å². The van der Waals surface area contributed by atoms with E-state index in [2.05, 4.69) is 30.9 Å². The molecule has 1 aromatic carbocycles. The van der Waals surface area contributed by atoms with Gasteiger partial charge >= 0.3 is 0 Å². The minimum absolute atomic E-state index is 0.862. The van der Waals surface area contributed by atoms with Crippen molar-refractivity contribution in [2.24, 2.45) is 0 Å². The molecule has 0 unspecified atom stereocenters. The third kappa shape index (κ3) is 3.25. The molecular weight excluding hydrogens is 144 g/mol. The topological polar surface area (TPSA) is 0 Å². The van der Waals surface area contributed by atoms with Gasteiger partial charge in [-0.15, -0.1) is 5.92 Å². The van der Waals surface area contributed by atoms with Crippen LogP contribution >= 0.6 is 0 Å². The molecule has 0 spiro atoms. The first-order chi connectivity index (χ1) is 5.93. The summed E-state index contributed by atoms with van der Waals surface area (Å²) in [5.41, 5.74) is 1.29. The van der Waals surface area contributed by atoms with Gasteiger partial charge in [-0.3, -0.25) is 0 Å². The van der Waals surface area contributed by atoms with Crippen molar-refractivity contribution in [3.05, 3.63) is 42.8 Å². The Hall–Kier alpha value is -1.22. The van der Waals surface area contributed by atoms with Crippen molar-refractivity contribution in [2.75, 3.05) is 0 Å². The third-order valence-electron chi connectivity index (χ3n) is 1.56. The van der Waals surface area contributed by atoms with Crippen molar-refractivity contribution in [3.63, 3.8) is 0 Å².